The summed E-state index contributed by atoms with van der Waals surface area (Å²) in [4.78, 5) is 24.0. The normalized spacial score (nSPS) is 22.4. The highest BCUT2D eigenvalue weighted by atomic mass is 19.4. The van der Waals surface area contributed by atoms with Crippen molar-refractivity contribution in [2.75, 3.05) is 40.4 Å². The number of ether oxygens (including phenoxy) is 2. The van der Waals surface area contributed by atoms with Gasteiger partial charge in [-0.25, -0.2) is 4.79 Å². The fourth-order valence-corrected chi connectivity index (χ4v) is 2.12. The summed E-state index contributed by atoms with van der Waals surface area (Å²) in [6.45, 7) is -2.56. The third-order valence-electron chi connectivity index (χ3n) is 3.06. The molecule has 1 heterocycles. The lowest BCUT2D eigenvalue weighted by molar-refractivity contribution is -0.149. The van der Waals surface area contributed by atoms with Crippen LogP contribution in [0.1, 0.15) is 0 Å². The molecule has 2 amide bonds. The van der Waals surface area contributed by atoms with E-state index in [-0.39, 0.29) is 18.0 Å². The summed E-state index contributed by atoms with van der Waals surface area (Å²) in [7, 11) is 2.80. The molecule has 2 atom stereocenters. The Morgan fingerprint density at radius 3 is 2.05 bits per heavy atom. The van der Waals surface area contributed by atoms with Gasteiger partial charge < -0.3 is 24.4 Å². The highest BCUT2D eigenvalue weighted by Gasteiger charge is 2.40. The lowest BCUT2D eigenvalue weighted by atomic mass is 10.3. The fraction of sp³-hybridized carbons (Fsp3) is 0.818. The SMILES string of the molecule is COC1CN(C(=O)N(CC(=O)O)CC(F)(F)F)CC1OC. The Labute approximate surface area is 119 Å². The molecule has 1 aliphatic rings. The van der Waals surface area contributed by atoms with Gasteiger partial charge in [-0.05, 0) is 0 Å². The predicted octanol–water partition coefficient (Wildman–Crippen LogP) is 0.401. The summed E-state index contributed by atoms with van der Waals surface area (Å²) in [6, 6.07) is -1.00. The molecule has 1 aliphatic heterocycles. The van der Waals surface area contributed by atoms with Gasteiger partial charge in [0.25, 0.3) is 0 Å². The lowest BCUT2D eigenvalue weighted by Gasteiger charge is -2.27. The van der Waals surface area contributed by atoms with Crippen molar-refractivity contribution in [3.63, 3.8) is 0 Å². The molecule has 1 N–H and O–H groups in total. The fourth-order valence-electron chi connectivity index (χ4n) is 2.12. The van der Waals surface area contributed by atoms with Crippen molar-refractivity contribution in [1.29, 1.82) is 0 Å². The highest BCUT2D eigenvalue weighted by molar-refractivity contribution is 5.80. The molecule has 1 saturated heterocycles. The van der Waals surface area contributed by atoms with Gasteiger partial charge in [0.1, 0.15) is 25.3 Å². The van der Waals surface area contributed by atoms with Crippen LogP contribution in [0.25, 0.3) is 0 Å². The number of rotatable bonds is 5. The lowest BCUT2D eigenvalue weighted by Crippen LogP contribution is -2.48. The second-order valence-electron chi connectivity index (χ2n) is 4.60. The van der Waals surface area contributed by atoms with Crippen LogP contribution in [0.3, 0.4) is 0 Å². The Morgan fingerprint density at radius 2 is 1.71 bits per heavy atom. The second kappa shape index (κ2) is 6.94. The number of carboxylic acids is 1. The van der Waals surface area contributed by atoms with E-state index in [1.165, 1.54) is 14.2 Å². The summed E-state index contributed by atoms with van der Waals surface area (Å²) in [5.74, 6) is -1.52. The smallest absolute Gasteiger partial charge is 0.406 e. The number of alkyl halides is 3. The van der Waals surface area contributed by atoms with E-state index in [0.717, 1.165) is 4.90 Å². The highest BCUT2D eigenvalue weighted by Crippen LogP contribution is 2.21. The Morgan fingerprint density at radius 1 is 1.24 bits per heavy atom. The molecule has 0 radical (unpaired) electrons. The van der Waals surface area contributed by atoms with Crippen molar-refractivity contribution >= 4 is 12.0 Å². The average molecular weight is 314 g/mol. The number of aliphatic carboxylic acids is 1. The maximum absolute atomic E-state index is 12.4. The van der Waals surface area contributed by atoms with E-state index in [1.54, 1.807) is 0 Å². The van der Waals surface area contributed by atoms with Crippen LogP contribution in [-0.4, -0.2) is 85.7 Å². The minimum absolute atomic E-state index is 0.0435. The minimum atomic E-state index is -4.67. The first-order valence-electron chi connectivity index (χ1n) is 6.06. The van der Waals surface area contributed by atoms with Crippen LogP contribution < -0.4 is 0 Å². The third-order valence-corrected chi connectivity index (χ3v) is 3.06. The van der Waals surface area contributed by atoms with Gasteiger partial charge in [-0.15, -0.1) is 0 Å². The Balaban J connectivity index is 2.78. The van der Waals surface area contributed by atoms with Gasteiger partial charge in [0.15, 0.2) is 0 Å². The van der Waals surface area contributed by atoms with E-state index in [2.05, 4.69) is 0 Å². The van der Waals surface area contributed by atoms with E-state index in [0.29, 0.717) is 0 Å². The van der Waals surface area contributed by atoms with Crippen LogP contribution in [-0.2, 0) is 14.3 Å². The molecule has 7 nitrogen and oxygen atoms in total. The van der Waals surface area contributed by atoms with Crippen molar-refractivity contribution in [3.8, 4) is 0 Å². The van der Waals surface area contributed by atoms with E-state index in [9.17, 15) is 22.8 Å². The summed E-state index contributed by atoms with van der Waals surface area (Å²) < 4.78 is 47.5. The Kier molecular flexibility index (Phi) is 5.78. The number of halogens is 3. The third kappa shape index (κ3) is 5.05. The van der Waals surface area contributed by atoms with Gasteiger partial charge in [-0.1, -0.05) is 0 Å². The van der Waals surface area contributed by atoms with E-state index in [4.69, 9.17) is 14.6 Å². The van der Waals surface area contributed by atoms with Gasteiger partial charge in [0, 0.05) is 14.2 Å². The molecule has 0 aliphatic carbocycles. The van der Waals surface area contributed by atoms with Crippen LogP contribution in [0.2, 0.25) is 0 Å². The number of hydrogen-bond acceptors (Lipinski definition) is 4. The van der Waals surface area contributed by atoms with Gasteiger partial charge in [0.2, 0.25) is 0 Å². The van der Waals surface area contributed by atoms with Gasteiger partial charge in [-0.2, -0.15) is 13.2 Å². The maximum atomic E-state index is 12.4. The summed E-state index contributed by atoms with van der Waals surface area (Å²) in [5.41, 5.74) is 0. The molecule has 0 saturated carbocycles. The molecule has 122 valence electrons. The molecule has 1 rings (SSSR count). The molecule has 0 spiro atoms. The Bertz CT molecular complexity index is 379. The average Bonchev–Trinajstić information content (AvgIpc) is 2.77. The minimum Gasteiger partial charge on any atom is -0.480 e. The molecule has 0 aromatic carbocycles. The number of amides is 2. The monoisotopic (exact) mass is 314 g/mol. The van der Waals surface area contributed by atoms with Crippen LogP contribution in [0.15, 0.2) is 0 Å². The summed E-state index contributed by atoms with van der Waals surface area (Å²) in [6.07, 6.45) is -5.60. The van der Waals surface area contributed by atoms with Crippen LogP contribution in [0.5, 0.6) is 0 Å². The molecule has 1 fully saturated rings. The number of nitrogens with zero attached hydrogens (tertiary/aromatic N) is 2. The zero-order valence-electron chi connectivity index (χ0n) is 11.6. The first-order chi connectivity index (χ1) is 9.67. The zero-order chi connectivity index (χ0) is 16.2. The molecule has 0 aromatic rings. The van der Waals surface area contributed by atoms with Crippen molar-refractivity contribution in [1.82, 2.24) is 9.80 Å². The maximum Gasteiger partial charge on any atom is 0.406 e. The summed E-state index contributed by atoms with van der Waals surface area (Å²) >= 11 is 0. The topological polar surface area (TPSA) is 79.3 Å². The van der Waals surface area contributed by atoms with Crippen molar-refractivity contribution in [2.45, 2.75) is 18.4 Å². The standard InChI is InChI=1S/C11H17F3N2O5/c1-20-7-3-15(4-8(7)21-2)10(19)16(5-9(17)18)6-11(12,13)14/h7-8H,3-6H2,1-2H3,(H,17,18). The van der Waals surface area contributed by atoms with Crippen molar-refractivity contribution < 1.29 is 37.3 Å². The number of likely N-dealkylation sites (tertiary alicyclic amines) is 1. The van der Waals surface area contributed by atoms with Gasteiger partial charge in [0.05, 0.1) is 13.1 Å². The molecule has 0 bridgehead atoms. The van der Waals surface area contributed by atoms with E-state index >= 15 is 0 Å². The zero-order valence-corrected chi connectivity index (χ0v) is 11.6. The van der Waals surface area contributed by atoms with Crippen LogP contribution >= 0.6 is 0 Å². The molecule has 2 unspecified atom stereocenters. The van der Waals surface area contributed by atoms with Crippen LogP contribution in [0.4, 0.5) is 18.0 Å². The number of carbonyl (C=O) groups is 2. The first kappa shape index (κ1) is 17.5. The molecular formula is C11H17F3N2O5. The van der Waals surface area contributed by atoms with Gasteiger partial charge >= 0.3 is 18.2 Å². The molecule has 0 aromatic heterocycles. The summed E-state index contributed by atoms with van der Waals surface area (Å²) in [5, 5.41) is 8.64. The second-order valence-corrected chi connectivity index (χ2v) is 4.60. The number of carbonyl (C=O) groups excluding carboxylic acids is 1. The molecule has 21 heavy (non-hydrogen) atoms. The van der Waals surface area contributed by atoms with Crippen LogP contribution in [0, 0.1) is 0 Å². The van der Waals surface area contributed by atoms with Crippen molar-refractivity contribution in [2.24, 2.45) is 0 Å². The number of urea groups is 1. The number of methoxy groups -OCH3 is 2. The van der Waals surface area contributed by atoms with Crippen molar-refractivity contribution in [3.05, 3.63) is 0 Å². The quantitative estimate of drug-likeness (QED) is 0.795. The molecular weight excluding hydrogens is 297 g/mol. The Hall–Kier alpha value is -1.55. The predicted molar refractivity (Wildman–Crippen MR) is 63.8 cm³/mol. The van der Waals surface area contributed by atoms with E-state index < -0.39 is 43.5 Å². The number of carboxylic acid groups (broad SMARTS) is 1. The number of hydrogen-bond donors (Lipinski definition) is 1. The molecule has 10 heteroatoms. The first-order valence-corrected chi connectivity index (χ1v) is 6.06. The largest absolute Gasteiger partial charge is 0.480 e. The van der Waals surface area contributed by atoms with E-state index in [1.807, 2.05) is 0 Å². The van der Waals surface area contributed by atoms with Gasteiger partial charge in [-0.3, -0.25) is 4.79 Å².